The summed E-state index contributed by atoms with van der Waals surface area (Å²) in [6, 6.07) is 10.5. The van der Waals surface area contributed by atoms with E-state index in [-0.39, 0.29) is 6.04 Å². The summed E-state index contributed by atoms with van der Waals surface area (Å²) in [6.07, 6.45) is 5.44. The Labute approximate surface area is 88.6 Å². The number of benzene rings is 1. The molecule has 1 aliphatic heterocycles. The molecular weight excluding hydrogens is 186 g/mol. The molecule has 3 rings (SSSR count). The molecule has 1 aliphatic rings. The maximum absolute atomic E-state index is 5.79. The highest BCUT2D eigenvalue weighted by Crippen LogP contribution is 2.30. The van der Waals surface area contributed by atoms with Gasteiger partial charge in [-0.05, 0) is 37.6 Å². The Morgan fingerprint density at radius 3 is 3.00 bits per heavy atom. The molecule has 0 saturated carbocycles. The van der Waals surface area contributed by atoms with Crippen molar-refractivity contribution in [2.75, 3.05) is 0 Å². The van der Waals surface area contributed by atoms with Gasteiger partial charge in [0.15, 0.2) is 0 Å². The zero-order valence-electron chi connectivity index (χ0n) is 8.52. The number of nitrogens with zero attached hydrogens (tertiary/aromatic N) is 1. The van der Waals surface area contributed by atoms with Crippen molar-refractivity contribution in [3.63, 3.8) is 0 Å². The molecule has 0 N–H and O–H groups in total. The van der Waals surface area contributed by atoms with E-state index in [1.165, 1.54) is 11.8 Å². The minimum Gasteiger partial charge on any atom is -0.459 e. The van der Waals surface area contributed by atoms with Gasteiger partial charge >= 0.3 is 0 Å². The molecule has 0 saturated heterocycles. The van der Waals surface area contributed by atoms with Crippen LogP contribution in [-0.4, -0.2) is 6.21 Å². The summed E-state index contributed by atoms with van der Waals surface area (Å²) in [5.41, 5.74) is 0.966. The maximum atomic E-state index is 5.79. The van der Waals surface area contributed by atoms with Crippen LogP contribution in [0.5, 0.6) is 0 Å². The summed E-state index contributed by atoms with van der Waals surface area (Å²) in [6.45, 7) is 0. The number of rotatable bonds is 1. The first-order valence-electron chi connectivity index (χ1n) is 5.43. The van der Waals surface area contributed by atoms with Crippen LogP contribution in [-0.2, 0) is 0 Å². The monoisotopic (exact) mass is 199 g/mol. The van der Waals surface area contributed by atoms with Crippen molar-refractivity contribution in [2.45, 2.75) is 25.3 Å². The third kappa shape index (κ3) is 1.56. The van der Waals surface area contributed by atoms with E-state index in [2.05, 4.69) is 17.1 Å². The molecule has 0 radical (unpaired) electrons. The molecule has 1 aromatic carbocycles. The van der Waals surface area contributed by atoms with E-state index in [0.717, 1.165) is 24.2 Å². The Hall–Kier alpha value is -1.57. The molecule has 0 amide bonds. The Kier molecular flexibility index (Phi) is 2.05. The third-order valence-corrected chi connectivity index (χ3v) is 2.87. The summed E-state index contributed by atoms with van der Waals surface area (Å²) in [5.74, 6) is 1.01. The Morgan fingerprint density at radius 2 is 2.20 bits per heavy atom. The quantitative estimate of drug-likeness (QED) is 0.687. The predicted molar refractivity (Wildman–Crippen MR) is 61.3 cm³/mol. The molecule has 2 heterocycles. The zero-order chi connectivity index (χ0) is 10.1. The fourth-order valence-electron chi connectivity index (χ4n) is 2.06. The highest BCUT2D eigenvalue weighted by Gasteiger charge is 2.16. The third-order valence-electron chi connectivity index (χ3n) is 2.87. The van der Waals surface area contributed by atoms with Gasteiger partial charge < -0.3 is 4.42 Å². The molecule has 2 aromatic rings. The molecule has 2 heteroatoms. The van der Waals surface area contributed by atoms with Crippen molar-refractivity contribution in [1.29, 1.82) is 0 Å². The van der Waals surface area contributed by atoms with Gasteiger partial charge in [0.05, 0.1) is 0 Å². The molecule has 15 heavy (non-hydrogen) atoms. The average molecular weight is 199 g/mol. The molecular formula is C13H13NO. The fourth-order valence-corrected chi connectivity index (χ4v) is 2.06. The standard InChI is InChI=1S/C13H13NO/c1-2-7-12-10(5-1)9-13(15-12)11-6-3-4-8-14-11/h1-2,5,7-9,11H,3-4,6H2. The summed E-state index contributed by atoms with van der Waals surface area (Å²) in [5, 5.41) is 1.17. The van der Waals surface area contributed by atoms with Gasteiger partial charge in [-0.15, -0.1) is 0 Å². The Morgan fingerprint density at radius 1 is 1.27 bits per heavy atom. The number of hydrogen-bond acceptors (Lipinski definition) is 2. The van der Waals surface area contributed by atoms with Crippen LogP contribution in [0.1, 0.15) is 31.1 Å². The van der Waals surface area contributed by atoms with Crippen LogP contribution in [0, 0.1) is 0 Å². The van der Waals surface area contributed by atoms with Crippen LogP contribution < -0.4 is 0 Å². The average Bonchev–Trinajstić information content (AvgIpc) is 2.74. The van der Waals surface area contributed by atoms with Gasteiger partial charge in [-0.25, -0.2) is 0 Å². The van der Waals surface area contributed by atoms with E-state index in [1.807, 2.05) is 24.4 Å². The largest absolute Gasteiger partial charge is 0.459 e. The molecule has 0 bridgehead atoms. The van der Waals surface area contributed by atoms with Crippen LogP contribution in [0.2, 0.25) is 0 Å². The molecule has 1 unspecified atom stereocenters. The molecule has 0 spiro atoms. The van der Waals surface area contributed by atoms with E-state index in [0.29, 0.717) is 0 Å². The first kappa shape index (κ1) is 8.72. The van der Waals surface area contributed by atoms with Crippen molar-refractivity contribution in [3.05, 3.63) is 36.1 Å². The fraction of sp³-hybridized carbons (Fsp3) is 0.308. The van der Waals surface area contributed by atoms with E-state index in [9.17, 15) is 0 Å². The van der Waals surface area contributed by atoms with Crippen molar-refractivity contribution in [1.82, 2.24) is 0 Å². The van der Waals surface area contributed by atoms with Gasteiger partial charge in [-0.2, -0.15) is 0 Å². The van der Waals surface area contributed by atoms with E-state index >= 15 is 0 Å². The summed E-state index contributed by atoms with van der Waals surface area (Å²) < 4.78 is 5.79. The molecule has 1 atom stereocenters. The SMILES string of the molecule is C1=NC(c2cc3ccccc3o2)CCC1. The second-order valence-electron chi connectivity index (χ2n) is 3.96. The molecule has 0 fully saturated rings. The van der Waals surface area contributed by atoms with Gasteiger partial charge in [-0.1, -0.05) is 18.2 Å². The van der Waals surface area contributed by atoms with E-state index in [1.54, 1.807) is 0 Å². The minimum absolute atomic E-state index is 0.242. The second kappa shape index (κ2) is 3.54. The smallest absolute Gasteiger partial charge is 0.134 e. The van der Waals surface area contributed by atoms with Gasteiger partial charge in [0.2, 0.25) is 0 Å². The second-order valence-corrected chi connectivity index (χ2v) is 3.96. The zero-order valence-corrected chi connectivity index (χ0v) is 8.52. The lowest BCUT2D eigenvalue weighted by molar-refractivity contribution is 0.466. The maximum Gasteiger partial charge on any atom is 0.134 e. The number of fused-ring (bicyclic) bond motifs is 1. The van der Waals surface area contributed by atoms with Crippen LogP contribution in [0.15, 0.2) is 39.7 Å². The van der Waals surface area contributed by atoms with Gasteiger partial charge in [0.1, 0.15) is 17.4 Å². The predicted octanol–water partition coefficient (Wildman–Crippen LogP) is 3.73. The Bertz CT molecular complexity index is 465. The van der Waals surface area contributed by atoms with Gasteiger partial charge in [0, 0.05) is 5.39 Å². The Balaban J connectivity index is 2.03. The number of aliphatic imine (C=N–C) groups is 1. The van der Waals surface area contributed by atoms with E-state index < -0.39 is 0 Å². The molecule has 0 aliphatic carbocycles. The van der Waals surface area contributed by atoms with Crippen LogP contribution in [0.4, 0.5) is 0 Å². The molecule has 2 nitrogen and oxygen atoms in total. The van der Waals surface area contributed by atoms with Gasteiger partial charge in [0.25, 0.3) is 0 Å². The highest BCUT2D eigenvalue weighted by molar-refractivity contribution is 5.77. The first-order valence-corrected chi connectivity index (χ1v) is 5.43. The number of hydrogen-bond donors (Lipinski definition) is 0. The summed E-state index contributed by atoms with van der Waals surface area (Å²) in [7, 11) is 0. The van der Waals surface area contributed by atoms with Crippen molar-refractivity contribution in [2.24, 2.45) is 4.99 Å². The molecule has 76 valence electrons. The normalized spacial score (nSPS) is 20.9. The molecule has 1 aromatic heterocycles. The highest BCUT2D eigenvalue weighted by atomic mass is 16.3. The van der Waals surface area contributed by atoms with Crippen molar-refractivity contribution >= 4 is 17.2 Å². The van der Waals surface area contributed by atoms with Crippen LogP contribution in [0.3, 0.4) is 0 Å². The lowest BCUT2D eigenvalue weighted by Gasteiger charge is -2.12. The topological polar surface area (TPSA) is 25.5 Å². The lowest BCUT2D eigenvalue weighted by atomic mass is 10.1. The van der Waals surface area contributed by atoms with Gasteiger partial charge in [-0.3, -0.25) is 4.99 Å². The van der Waals surface area contributed by atoms with Crippen molar-refractivity contribution in [3.8, 4) is 0 Å². The number of furan rings is 1. The van der Waals surface area contributed by atoms with E-state index in [4.69, 9.17) is 4.42 Å². The van der Waals surface area contributed by atoms with Crippen molar-refractivity contribution < 1.29 is 4.42 Å². The first-order chi connectivity index (χ1) is 7.43. The summed E-state index contributed by atoms with van der Waals surface area (Å²) in [4.78, 5) is 4.48. The van der Waals surface area contributed by atoms with Crippen LogP contribution >= 0.6 is 0 Å². The minimum atomic E-state index is 0.242. The van der Waals surface area contributed by atoms with Crippen LogP contribution in [0.25, 0.3) is 11.0 Å². The lowest BCUT2D eigenvalue weighted by Crippen LogP contribution is -1.99. The summed E-state index contributed by atoms with van der Waals surface area (Å²) >= 11 is 0. The number of para-hydroxylation sites is 1.